The van der Waals surface area contributed by atoms with Crippen molar-refractivity contribution in [1.82, 2.24) is 0 Å². The summed E-state index contributed by atoms with van der Waals surface area (Å²) in [5, 5.41) is 92.3. The maximum atomic E-state index is 13.8. The van der Waals surface area contributed by atoms with E-state index in [4.69, 9.17) is 28.1 Å². The lowest BCUT2D eigenvalue weighted by atomic mass is 9.97. The Morgan fingerprint density at radius 1 is 0.841 bits per heavy atom. The predicted molar refractivity (Wildman–Crippen MR) is 145 cm³/mol. The highest BCUT2D eigenvalue weighted by Crippen LogP contribution is 2.40. The van der Waals surface area contributed by atoms with E-state index >= 15 is 0 Å². The first kappa shape index (κ1) is 31.7. The quantitative estimate of drug-likeness (QED) is 0.147. The number of benzene rings is 2. The fourth-order valence-corrected chi connectivity index (χ4v) is 5.08. The number of phenolic OH excluding ortho intramolecular Hbond substituents is 3. The van der Waals surface area contributed by atoms with E-state index in [1.807, 2.05) is 0 Å². The molecule has 9 N–H and O–H groups in total. The molecular formula is C28H32O16. The number of aliphatic hydroxyl groups excluding tert-OH is 6. The molecule has 0 unspecified atom stereocenters. The average molecular weight is 625 g/mol. The zero-order chi connectivity index (χ0) is 32.0. The van der Waals surface area contributed by atoms with Crippen LogP contribution in [0.5, 0.6) is 28.7 Å². The normalized spacial score (nSPS) is 32.5. The van der Waals surface area contributed by atoms with Gasteiger partial charge in [-0.15, -0.1) is 0 Å². The Morgan fingerprint density at radius 3 is 2.25 bits per heavy atom. The number of fused-ring (bicyclic) bond motifs is 1. The smallest absolute Gasteiger partial charge is 0.239 e. The number of aliphatic hydroxyl groups is 6. The van der Waals surface area contributed by atoms with Crippen LogP contribution in [0.1, 0.15) is 6.92 Å². The van der Waals surface area contributed by atoms with Gasteiger partial charge in [-0.1, -0.05) is 0 Å². The molecule has 3 heterocycles. The monoisotopic (exact) mass is 624 g/mol. The van der Waals surface area contributed by atoms with Crippen LogP contribution in [0, 0.1) is 0 Å². The molecule has 0 spiro atoms. The van der Waals surface area contributed by atoms with Crippen LogP contribution in [0.4, 0.5) is 0 Å². The van der Waals surface area contributed by atoms with Gasteiger partial charge < -0.3 is 74.1 Å². The summed E-state index contributed by atoms with van der Waals surface area (Å²) in [6, 6.07) is 5.81. The van der Waals surface area contributed by atoms with Crippen LogP contribution in [0.3, 0.4) is 0 Å². The van der Waals surface area contributed by atoms with Gasteiger partial charge in [0, 0.05) is 17.7 Å². The third-order valence-corrected chi connectivity index (χ3v) is 7.52. The molecule has 2 aliphatic rings. The Morgan fingerprint density at radius 2 is 1.57 bits per heavy atom. The maximum absolute atomic E-state index is 13.8. The summed E-state index contributed by atoms with van der Waals surface area (Å²) in [4.78, 5) is 13.8. The Hall–Kier alpha value is -3.71. The van der Waals surface area contributed by atoms with E-state index < -0.39 is 96.1 Å². The van der Waals surface area contributed by atoms with Crippen molar-refractivity contribution in [2.24, 2.45) is 0 Å². The van der Waals surface area contributed by atoms with Crippen molar-refractivity contribution < 1.29 is 74.1 Å². The molecule has 2 aromatic carbocycles. The summed E-state index contributed by atoms with van der Waals surface area (Å²) in [5.41, 5.74) is -1.15. The van der Waals surface area contributed by atoms with Gasteiger partial charge in [-0.25, -0.2) is 0 Å². The lowest BCUT2D eigenvalue weighted by molar-refractivity contribution is -0.354. The van der Waals surface area contributed by atoms with Gasteiger partial charge in [0.2, 0.25) is 17.5 Å². The van der Waals surface area contributed by atoms with E-state index in [0.717, 1.165) is 12.1 Å². The van der Waals surface area contributed by atoms with Gasteiger partial charge in [-0.05, 0) is 25.1 Å². The van der Waals surface area contributed by atoms with Crippen molar-refractivity contribution in [2.45, 2.75) is 68.3 Å². The van der Waals surface area contributed by atoms with Gasteiger partial charge in [-0.3, -0.25) is 4.79 Å². The highest BCUT2D eigenvalue weighted by molar-refractivity contribution is 5.88. The fourth-order valence-electron chi connectivity index (χ4n) is 5.08. The minimum atomic E-state index is -1.89. The second-order valence-corrected chi connectivity index (χ2v) is 10.4. The third-order valence-electron chi connectivity index (χ3n) is 7.52. The SMILES string of the molecule is COc1cc(-c2oc3cc(O)cc(O)c3c(=O)c2O[C@H]2O[C@H](CO)[C@@H](O)[C@H](O)[C@@H]2O[C@@H]2O[C@@H](C)[C@H](O)[C@@H](O)[C@H]2O)ccc1O. The Bertz CT molecular complexity index is 1560. The van der Waals surface area contributed by atoms with E-state index in [1.54, 1.807) is 0 Å². The molecule has 44 heavy (non-hydrogen) atoms. The van der Waals surface area contributed by atoms with Crippen LogP contribution in [-0.4, -0.2) is 121 Å². The minimum absolute atomic E-state index is 0.0257. The van der Waals surface area contributed by atoms with Crippen molar-refractivity contribution in [1.29, 1.82) is 0 Å². The van der Waals surface area contributed by atoms with Crippen molar-refractivity contribution in [3.8, 4) is 40.1 Å². The number of hydrogen-bond acceptors (Lipinski definition) is 16. The molecule has 0 saturated carbocycles. The zero-order valence-electron chi connectivity index (χ0n) is 23.3. The van der Waals surface area contributed by atoms with Crippen LogP contribution >= 0.6 is 0 Å². The number of ether oxygens (including phenoxy) is 5. The standard InChI is InChI=1S/C28H32O16/c1-9-18(33)21(36)23(38)27(40-9)44-26-22(37)19(34)16(8-29)42-28(26)43-25-20(35)17-13(32)6-11(30)7-15(17)41-24(25)10-3-4-12(31)14(5-10)39-2/h3-7,9,16,18-19,21-23,26-34,36-38H,8H2,1-2H3/t9-,16+,18-,19+,21+,22-,23+,26-,27-,28+/m0/s1. The highest BCUT2D eigenvalue weighted by atomic mass is 16.8. The van der Waals surface area contributed by atoms with Crippen molar-refractivity contribution in [3.05, 3.63) is 40.6 Å². The van der Waals surface area contributed by atoms with Gasteiger partial charge in [0.05, 0.1) is 19.8 Å². The lowest BCUT2D eigenvalue weighted by Crippen LogP contribution is -2.64. The average Bonchev–Trinajstić information content (AvgIpc) is 2.99. The van der Waals surface area contributed by atoms with Gasteiger partial charge in [0.1, 0.15) is 59.1 Å². The van der Waals surface area contributed by atoms with Crippen LogP contribution in [0.2, 0.25) is 0 Å². The van der Waals surface area contributed by atoms with Crippen molar-refractivity contribution in [3.63, 3.8) is 0 Å². The Balaban J connectivity index is 1.63. The van der Waals surface area contributed by atoms with Crippen molar-refractivity contribution in [2.75, 3.05) is 13.7 Å². The van der Waals surface area contributed by atoms with Crippen LogP contribution < -0.4 is 14.9 Å². The first-order chi connectivity index (χ1) is 20.9. The number of hydrogen-bond donors (Lipinski definition) is 9. The molecule has 0 aliphatic carbocycles. The maximum Gasteiger partial charge on any atom is 0.239 e. The Labute approximate surface area is 248 Å². The first-order valence-electron chi connectivity index (χ1n) is 13.4. The molecule has 16 heteroatoms. The van der Waals surface area contributed by atoms with E-state index in [0.29, 0.717) is 0 Å². The summed E-state index contributed by atoms with van der Waals surface area (Å²) in [7, 11) is 1.28. The highest BCUT2D eigenvalue weighted by Gasteiger charge is 2.51. The Kier molecular flexibility index (Phi) is 8.90. The molecule has 0 bridgehead atoms. The summed E-state index contributed by atoms with van der Waals surface area (Å²) >= 11 is 0. The number of methoxy groups -OCH3 is 1. The van der Waals surface area contributed by atoms with Gasteiger partial charge in [0.25, 0.3) is 0 Å². The predicted octanol–water partition coefficient (Wildman–Crippen LogP) is -1.38. The molecule has 2 fully saturated rings. The summed E-state index contributed by atoms with van der Waals surface area (Å²) in [6.45, 7) is 0.570. The van der Waals surface area contributed by atoms with Crippen LogP contribution in [-0.2, 0) is 14.2 Å². The second kappa shape index (κ2) is 12.4. The molecule has 2 aliphatic heterocycles. The molecule has 0 radical (unpaired) electrons. The summed E-state index contributed by atoms with van der Waals surface area (Å²) < 4.78 is 33.8. The molecule has 10 atom stereocenters. The van der Waals surface area contributed by atoms with E-state index in [-0.39, 0.29) is 28.4 Å². The van der Waals surface area contributed by atoms with Crippen LogP contribution in [0.25, 0.3) is 22.3 Å². The van der Waals surface area contributed by atoms with E-state index in [9.17, 15) is 50.8 Å². The molecule has 3 aromatic rings. The molecule has 16 nitrogen and oxygen atoms in total. The number of rotatable bonds is 7. The molecule has 240 valence electrons. The number of aromatic hydroxyl groups is 3. The first-order valence-corrected chi connectivity index (χ1v) is 13.4. The second-order valence-electron chi connectivity index (χ2n) is 10.4. The van der Waals surface area contributed by atoms with E-state index in [1.165, 1.54) is 32.2 Å². The zero-order valence-corrected chi connectivity index (χ0v) is 23.3. The number of phenols is 3. The van der Waals surface area contributed by atoms with Crippen molar-refractivity contribution >= 4 is 11.0 Å². The molecule has 0 amide bonds. The minimum Gasteiger partial charge on any atom is -0.508 e. The summed E-state index contributed by atoms with van der Waals surface area (Å²) in [6.07, 6.45) is -16.5. The van der Waals surface area contributed by atoms with E-state index in [2.05, 4.69) is 0 Å². The van der Waals surface area contributed by atoms with Crippen LogP contribution in [0.15, 0.2) is 39.5 Å². The van der Waals surface area contributed by atoms with Gasteiger partial charge >= 0.3 is 0 Å². The molecule has 1 aromatic heterocycles. The molecular weight excluding hydrogens is 592 g/mol. The lowest BCUT2D eigenvalue weighted by Gasteiger charge is -2.45. The largest absolute Gasteiger partial charge is 0.508 e. The molecule has 2 saturated heterocycles. The summed E-state index contributed by atoms with van der Waals surface area (Å²) in [5.74, 6) is -2.34. The van der Waals surface area contributed by atoms with Gasteiger partial charge in [0.15, 0.2) is 29.7 Å². The molecule has 5 rings (SSSR count). The topological polar surface area (TPSA) is 258 Å². The fraction of sp³-hybridized carbons (Fsp3) is 0.464. The van der Waals surface area contributed by atoms with Gasteiger partial charge in [-0.2, -0.15) is 0 Å². The third kappa shape index (κ3) is 5.63.